The van der Waals surface area contributed by atoms with E-state index in [1.807, 2.05) is 12.1 Å². The number of aromatic hydroxyl groups is 2. The minimum Gasteiger partial charge on any atom is -0.505 e. The molecule has 0 aliphatic carbocycles. The van der Waals surface area contributed by atoms with Crippen molar-refractivity contribution in [2.45, 2.75) is 0 Å². The van der Waals surface area contributed by atoms with E-state index in [1.165, 1.54) is 0 Å². The van der Waals surface area contributed by atoms with Crippen LogP contribution >= 0.6 is 0 Å². The molecule has 0 aromatic heterocycles. The summed E-state index contributed by atoms with van der Waals surface area (Å²) >= 11 is 0. The molecule has 2 aromatic carbocycles. The Morgan fingerprint density at radius 3 is 1.69 bits per heavy atom. The predicted molar refractivity (Wildman–Crippen MR) is 59.3 cm³/mol. The smallest absolute Gasteiger partial charge is 0.151 e. The van der Waals surface area contributed by atoms with Crippen molar-refractivity contribution in [2.75, 3.05) is 13.1 Å². The Labute approximate surface area is 91.2 Å². The van der Waals surface area contributed by atoms with Gasteiger partial charge in [0.25, 0.3) is 0 Å². The first-order valence-corrected chi connectivity index (χ1v) is 5.10. The highest BCUT2D eigenvalue weighted by molar-refractivity contribution is 5.92. The first kappa shape index (κ1) is 9.15. The van der Waals surface area contributed by atoms with E-state index in [-0.39, 0.29) is 11.5 Å². The van der Waals surface area contributed by atoms with Crippen LogP contribution in [0.5, 0.6) is 11.5 Å². The maximum atomic E-state index is 10.1. The average molecular weight is 214 g/mol. The van der Waals surface area contributed by atoms with Gasteiger partial charge in [-0.25, -0.2) is 0 Å². The zero-order valence-electron chi connectivity index (χ0n) is 8.51. The third-order valence-electron chi connectivity index (χ3n) is 2.75. The number of hydrogen-bond acceptors (Lipinski definition) is 4. The van der Waals surface area contributed by atoms with Crippen molar-refractivity contribution in [3.63, 3.8) is 0 Å². The summed E-state index contributed by atoms with van der Waals surface area (Å²) in [5, 5.41) is 22.1. The molecule has 0 amide bonds. The molecule has 1 aliphatic rings. The van der Waals surface area contributed by atoms with E-state index in [1.54, 1.807) is 12.1 Å². The second kappa shape index (κ2) is 3.20. The third-order valence-corrected chi connectivity index (χ3v) is 2.75. The van der Waals surface area contributed by atoms with Gasteiger partial charge in [-0.05, 0) is 0 Å². The summed E-state index contributed by atoms with van der Waals surface area (Å²) in [6.07, 6.45) is 0. The largest absolute Gasteiger partial charge is 0.505 e. The Morgan fingerprint density at radius 1 is 0.812 bits per heavy atom. The zero-order chi connectivity index (χ0) is 11.1. The molecule has 4 heteroatoms. The van der Waals surface area contributed by atoms with Crippen LogP contribution in [-0.4, -0.2) is 23.3 Å². The van der Waals surface area contributed by atoms with Crippen molar-refractivity contribution < 1.29 is 10.2 Å². The van der Waals surface area contributed by atoms with Gasteiger partial charge in [0.05, 0.1) is 13.1 Å². The van der Waals surface area contributed by atoms with Crippen molar-refractivity contribution in [2.24, 2.45) is 9.98 Å². The summed E-state index contributed by atoms with van der Waals surface area (Å²) in [4.78, 5) is 8.40. The normalized spacial score (nSPS) is 14.0. The summed E-state index contributed by atoms with van der Waals surface area (Å²) in [5.74, 6) is 0.207. The standard InChI is InChI=1S/C12H10N2O2/c15-11-7-3-1-2-4-8(7)12(16)10-9(11)13-5-6-14-10/h1-4,15-16H,5-6H2. The summed E-state index contributed by atoms with van der Waals surface area (Å²) in [6, 6.07) is 7.14. The molecule has 1 aliphatic heterocycles. The van der Waals surface area contributed by atoms with Crippen LogP contribution in [-0.2, 0) is 0 Å². The molecular weight excluding hydrogens is 204 g/mol. The summed E-state index contributed by atoms with van der Waals surface area (Å²) in [6.45, 7) is 1.11. The molecule has 0 radical (unpaired) electrons. The number of rotatable bonds is 0. The highest BCUT2D eigenvalue weighted by atomic mass is 16.3. The van der Waals surface area contributed by atoms with Gasteiger partial charge in [-0.2, -0.15) is 0 Å². The average Bonchev–Trinajstić information content (AvgIpc) is 2.36. The number of benzene rings is 2. The van der Waals surface area contributed by atoms with Crippen molar-refractivity contribution in [1.82, 2.24) is 0 Å². The molecule has 16 heavy (non-hydrogen) atoms. The zero-order valence-corrected chi connectivity index (χ0v) is 8.51. The number of fused-ring (bicyclic) bond motifs is 2. The topological polar surface area (TPSA) is 65.2 Å². The molecule has 0 fully saturated rings. The minimum absolute atomic E-state index is 0.104. The molecule has 4 nitrogen and oxygen atoms in total. The molecule has 0 bridgehead atoms. The van der Waals surface area contributed by atoms with Crippen LogP contribution in [0.2, 0.25) is 0 Å². The summed E-state index contributed by atoms with van der Waals surface area (Å²) < 4.78 is 0. The lowest BCUT2D eigenvalue weighted by Gasteiger charge is -2.07. The van der Waals surface area contributed by atoms with Crippen LogP contribution in [0.25, 0.3) is 10.8 Å². The van der Waals surface area contributed by atoms with Gasteiger partial charge in [0.2, 0.25) is 0 Å². The highest BCUT2D eigenvalue weighted by Gasteiger charge is 2.12. The van der Waals surface area contributed by atoms with Crippen LogP contribution in [0.1, 0.15) is 0 Å². The van der Waals surface area contributed by atoms with Crippen molar-refractivity contribution in [3.8, 4) is 11.5 Å². The molecular formula is C12H10N2O2. The summed E-state index contributed by atoms with van der Waals surface area (Å²) in [5.41, 5.74) is 0. The van der Waals surface area contributed by atoms with Crippen molar-refractivity contribution in [1.29, 1.82) is 0 Å². The summed E-state index contributed by atoms with van der Waals surface area (Å²) in [7, 11) is 0. The van der Waals surface area contributed by atoms with Crippen LogP contribution in [0.4, 0.5) is 0 Å². The van der Waals surface area contributed by atoms with E-state index in [4.69, 9.17) is 0 Å². The van der Waals surface area contributed by atoms with Gasteiger partial charge < -0.3 is 10.2 Å². The number of phenols is 2. The van der Waals surface area contributed by atoms with E-state index in [9.17, 15) is 10.2 Å². The van der Waals surface area contributed by atoms with Crippen LogP contribution in [0, 0.1) is 0 Å². The lowest BCUT2D eigenvalue weighted by Crippen LogP contribution is -2.30. The third kappa shape index (κ3) is 1.10. The monoisotopic (exact) mass is 214 g/mol. The fourth-order valence-electron chi connectivity index (χ4n) is 2.00. The minimum atomic E-state index is 0.104. The van der Waals surface area contributed by atoms with Crippen molar-refractivity contribution in [3.05, 3.63) is 35.0 Å². The van der Waals surface area contributed by atoms with Gasteiger partial charge in [-0.3, -0.25) is 9.98 Å². The maximum Gasteiger partial charge on any atom is 0.151 e. The number of nitrogens with zero attached hydrogens (tertiary/aromatic N) is 2. The van der Waals surface area contributed by atoms with E-state index in [2.05, 4.69) is 9.98 Å². The lowest BCUT2D eigenvalue weighted by molar-refractivity contribution is 0.454. The number of phenolic OH excluding ortho intramolecular Hbond substituents is 2. The first-order chi connectivity index (χ1) is 7.79. The maximum absolute atomic E-state index is 10.1. The van der Waals surface area contributed by atoms with E-state index in [0.717, 1.165) is 0 Å². The fourth-order valence-corrected chi connectivity index (χ4v) is 2.00. The highest BCUT2D eigenvalue weighted by Crippen LogP contribution is 2.25. The van der Waals surface area contributed by atoms with Crippen LogP contribution in [0.3, 0.4) is 0 Å². The molecule has 0 saturated carbocycles. The molecule has 0 spiro atoms. The van der Waals surface area contributed by atoms with Gasteiger partial charge in [0, 0.05) is 10.8 Å². The Morgan fingerprint density at radius 2 is 1.25 bits per heavy atom. The van der Waals surface area contributed by atoms with Gasteiger partial charge in [-0.15, -0.1) is 0 Å². The molecule has 0 saturated heterocycles. The Hall–Kier alpha value is -2.10. The molecule has 2 aromatic rings. The molecule has 80 valence electrons. The molecule has 0 atom stereocenters. The van der Waals surface area contributed by atoms with E-state index < -0.39 is 0 Å². The van der Waals surface area contributed by atoms with Gasteiger partial charge in [0.1, 0.15) is 10.7 Å². The number of hydrogen-bond donors (Lipinski definition) is 2. The molecule has 0 unspecified atom stereocenters. The fraction of sp³-hybridized carbons (Fsp3) is 0.167. The first-order valence-electron chi connectivity index (χ1n) is 5.10. The van der Waals surface area contributed by atoms with Crippen LogP contribution < -0.4 is 10.7 Å². The SMILES string of the molecule is Oc1c2c(c(O)c3ccccc13)=NCCN=2. The Balaban J connectivity index is 2.66. The van der Waals surface area contributed by atoms with E-state index >= 15 is 0 Å². The molecule has 3 rings (SSSR count). The Kier molecular flexibility index (Phi) is 1.83. The predicted octanol–water partition coefficient (Wildman–Crippen LogP) is 0.504. The van der Waals surface area contributed by atoms with E-state index in [0.29, 0.717) is 34.6 Å². The van der Waals surface area contributed by atoms with Gasteiger partial charge in [-0.1, -0.05) is 24.3 Å². The van der Waals surface area contributed by atoms with Gasteiger partial charge >= 0.3 is 0 Å². The lowest BCUT2D eigenvalue weighted by atomic mass is 10.1. The van der Waals surface area contributed by atoms with Crippen LogP contribution in [0.15, 0.2) is 34.3 Å². The molecule has 2 N–H and O–H groups in total. The van der Waals surface area contributed by atoms with Gasteiger partial charge in [0.15, 0.2) is 11.5 Å². The second-order valence-corrected chi connectivity index (χ2v) is 3.70. The van der Waals surface area contributed by atoms with Crippen molar-refractivity contribution >= 4 is 10.8 Å². The molecule has 1 heterocycles. The quantitative estimate of drug-likeness (QED) is 0.627. The second-order valence-electron chi connectivity index (χ2n) is 3.70. The Bertz CT molecular complexity index is 632.